The molecule has 2 heterocycles. The summed E-state index contributed by atoms with van der Waals surface area (Å²) < 4.78 is 0. The minimum atomic E-state index is -0.350. The van der Waals surface area contributed by atoms with Crippen molar-refractivity contribution in [1.82, 2.24) is 19.9 Å². The molecular weight excluding hydrogens is 244 g/mol. The van der Waals surface area contributed by atoms with E-state index in [-0.39, 0.29) is 18.1 Å². The Morgan fingerprint density at radius 2 is 2.11 bits per heavy atom. The van der Waals surface area contributed by atoms with E-state index in [4.69, 9.17) is 5.73 Å². The molecule has 3 rings (SSSR count). The van der Waals surface area contributed by atoms with Gasteiger partial charge in [-0.15, -0.1) is 0 Å². The van der Waals surface area contributed by atoms with E-state index in [1.807, 2.05) is 0 Å². The number of nitrogens with two attached hydrogens (primary N) is 1. The number of nitrogens with zero attached hydrogens (tertiary/aromatic N) is 3. The van der Waals surface area contributed by atoms with Crippen LogP contribution in [0.25, 0.3) is 11.2 Å². The van der Waals surface area contributed by atoms with Crippen molar-refractivity contribution in [2.45, 2.75) is 44.2 Å². The number of nitrogen functional groups attached to an aromatic ring is 1. The van der Waals surface area contributed by atoms with Crippen LogP contribution in [-0.4, -0.2) is 37.2 Å². The van der Waals surface area contributed by atoms with Gasteiger partial charge in [-0.1, -0.05) is 19.3 Å². The van der Waals surface area contributed by atoms with Gasteiger partial charge in [0.05, 0.1) is 18.5 Å². The number of imidazole rings is 1. The molecule has 0 bridgehead atoms. The minimum absolute atomic E-state index is 0.00306. The smallest absolute Gasteiger partial charge is 0.224 e. The standard InChI is InChI=1S/C12H18N6O/c13-12-17-10-9(14-6-15-10)11(18-12)16-7-4-2-1-3-5-8(7)19/h6-8,19H,1-5H2,(H4,13,14,15,16,17,18). The van der Waals surface area contributed by atoms with E-state index in [2.05, 4.69) is 25.3 Å². The fourth-order valence-electron chi connectivity index (χ4n) is 2.59. The molecule has 0 aliphatic heterocycles. The third kappa shape index (κ3) is 2.46. The predicted molar refractivity (Wildman–Crippen MR) is 72.6 cm³/mol. The molecule has 7 heteroatoms. The summed E-state index contributed by atoms with van der Waals surface area (Å²) in [6.45, 7) is 0. The zero-order valence-electron chi connectivity index (χ0n) is 10.6. The van der Waals surface area contributed by atoms with Gasteiger partial charge in [0.25, 0.3) is 0 Å². The summed E-state index contributed by atoms with van der Waals surface area (Å²) in [4.78, 5) is 15.3. The van der Waals surface area contributed by atoms with E-state index >= 15 is 0 Å². The molecule has 1 aliphatic rings. The van der Waals surface area contributed by atoms with E-state index in [1.54, 1.807) is 6.33 Å². The first-order valence-corrected chi connectivity index (χ1v) is 6.65. The highest BCUT2D eigenvalue weighted by Crippen LogP contribution is 2.24. The predicted octanol–water partition coefficient (Wildman–Crippen LogP) is 1.04. The van der Waals surface area contributed by atoms with Crippen LogP contribution in [0.5, 0.6) is 0 Å². The molecular formula is C12H18N6O. The molecule has 0 amide bonds. The molecule has 19 heavy (non-hydrogen) atoms. The molecule has 2 aromatic rings. The van der Waals surface area contributed by atoms with Crippen LogP contribution in [0.4, 0.5) is 11.8 Å². The van der Waals surface area contributed by atoms with Crippen LogP contribution >= 0.6 is 0 Å². The number of aromatic nitrogens is 4. The lowest BCUT2D eigenvalue weighted by Gasteiger charge is -2.22. The van der Waals surface area contributed by atoms with Crippen molar-refractivity contribution in [3.05, 3.63) is 6.33 Å². The van der Waals surface area contributed by atoms with E-state index in [1.165, 1.54) is 6.42 Å². The maximum Gasteiger partial charge on any atom is 0.224 e. The Bertz CT molecular complexity index is 568. The van der Waals surface area contributed by atoms with E-state index in [9.17, 15) is 5.11 Å². The highest BCUT2D eigenvalue weighted by Gasteiger charge is 2.23. The van der Waals surface area contributed by atoms with Crippen LogP contribution in [0.15, 0.2) is 6.33 Å². The summed E-state index contributed by atoms with van der Waals surface area (Å²) >= 11 is 0. The monoisotopic (exact) mass is 262 g/mol. The highest BCUT2D eigenvalue weighted by molar-refractivity contribution is 5.83. The van der Waals surface area contributed by atoms with Crippen molar-refractivity contribution in [3.63, 3.8) is 0 Å². The maximum absolute atomic E-state index is 10.1. The Morgan fingerprint density at radius 3 is 3.00 bits per heavy atom. The number of fused-ring (bicyclic) bond motifs is 1. The van der Waals surface area contributed by atoms with Crippen LogP contribution in [0, 0.1) is 0 Å². The highest BCUT2D eigenvalue weighted by atomic mass is 16.3. The van der Waals surface area contributed by atoms with Crippen LogP contribution in [-0.2, 0) is 0 Å². The topological polar surface area (TPSA) is 113 Å². The van der Waals surface area contributed by atoms with Crippen LogP contribution in [0.3, 0.4) is 0 Å². The number of H-pyrrole nitrogens is 1. The van der Waals surface area contributed by atoms with Gasteiger partial charge in [0, 0.05) is 0 Å². The number of nitrogens with one attached hydrogen (secondary N) is 2. The zero-order valence-corrected chi connectivity index (χ0v) is 10.6. The molecule has 102 valence electrons. The van der Waals surface area contributed by atoms with Crippen molar-refractivity contribution in [1.29, 1.82) is 0 Å². The van der Waals surface area contributed by atoms with Crippen LogP contribution < -0.4 is 11.1 Å². The van der Waals surface area contributed by atoms with Gasteiger partial charge in [0.1, 0.15) is 5.52 Å². The second-order valence-corrected chi connectivity index (χ2v) is 4.99. The molecule has 5 N–H and O–H groups in total. The molecule has 2 atom stereocenters. The molecule has 2 unspecified atom stereocenters. The van der Waals surface area contributed by atoms with Crippen molar-refractivity contribution in [2.24, 2.45) is 0 Å². The number of hydrogen-bond acceptors (Lipinski definition) is 6. The largest absolute Gasteiger partial charge is 0.391 e. The zero-order chi connectivity index (χ0) is 13.2. The maximum atomic E-state index is 10.1. The summed E-state index contributed by atoms with van der Waals surface area (Å²) in [6, 6.07) is 0.00306. The lowest BCUT2D eigenvalue weighted by Crippen LogP contribution is -2.33. The molecule has 0 radical (unpaired) electrons. The van der Waals surface area contributed by atoms with Gasteiger partial charge in [-0.3, -0.25) is 0 Å². The summed E-state index contributed by atoms with van der Waals surface area (Å²) in [5.41, 5.74) is 6.94. The number of aromatic amines is 1. The fraction of sp³-hybridized carbons (Fsp3) is 0.583. The minimum Gasteiger partial charge on any atom is -0.391 e. The van der Waals surface area contributed by atoms with E-state index < -0.39 is 0 Å². The molecule has 2 aromatic heterocycles. The van der Waals surface area contributed by atoms with Gasteiger partial charge in [-0.25, -0.2) is 4.98 Å². The molecule has 0 spiro atoms. The fourth-order valence-corrected chi connectivity index (χ4v) is 2.59. The molecule has 7 nitrogen and oxygen atoms in total. The number of aliphatic hydroxyl groups is 1. The summed E-state index contributed by atoms with van der Waals surface area (Å²) in [5, 5.41) is 13.4. The Labute approximate surface area is 110 Å². The first kappa shape index (κ1) is 12.2. The average molecular weight is 262 g/mol. The molecule has 1 aliphatic carbocycles. The summed E-state index contributed by atoms with van der Waals surface area (Å²) in [6.07, 6.45) is 6.32. The Balaban J connectivity index is 1.89. The SMILES string of the molecule is Nc1nc(NC2CCCCCC2O)c2[nH]cnc2n1. The van der Waals surface area contributed by atoms with Crippen LogP contribution in [0.1, 0.15) is 32.1 Å². The Hall–Kier alpha value is -1.89. The van der Waals surface area contributed by atoms with Crippen LogP contribution in [0.2, 0.25) is 0 Å². The second-order valence-electron chi connectivity index (χ2n) is 4.99. The number of anilines is 2. The normalized spacial score (nSPS) is 24.3. The molecule has 0 saturated heterocycles. The van der Waals surface area contributed by atoms with Crippen molar-refractivity contribution in [3.8, 4) is 0 Å². The summed E-state index contributed by atoms with van der Waals surface area (Å²) in [7, 11) is 0. The van der Waals surface area contributed by atoms with Gasteiger partial charge in [0.2, 0.25) is 5.95 Å². The molecule has 0 aromatic carbocycles. The lowest BCUT2D eigenvalue weighted by atomic mass is 10.1. The van der Waals surface area contributed by atoms with E-state index in [0.717, 1.165) is 31.2 Å². The third-order valence-corrected chi connectivity index (χ3v) is 3.60. The van der Waals surface area contributed by atoms with Gasteiger partial charge < -0.3 is 21.1 Å². The lowest BCUT2D eigenvalue weighted by molar-refractivity contribution is 0.144. The van der Waals surface area contributed by atoms with Gasteiger partial charge >= 0.3 is 0 Å². The van der Waals surface area contributed by atoms with Gasteiger partial charge in [0.15, 0.2) is 11.5 Å². The summed E-state index contributed by atoms with van der Waals surface area (Å²) in [5.74, 6) is 0.802. The molecule has 1 saturated carbocycles. The van der Waals surface area contributed by atoms with Gasteiger partial charge in [-0.05, 0) is 12.8 Å². The number of aliphatic hydroxyl groups excluding tert-OH is 1. The Kier molecular flexibility index (Phi) is 3.20. The van der Waals surface area contributed by atoms with Gasteiger partial charge in [-0.2, -0.15) is 9.97 Å². The Morgan fingerprint density at radius 1 is 1.26 bits per heavy atom. The van der Waals surface area contributed by atoms with Crippen molar-refractivity contribution >= 4 is 22.9 Å². The average Bonchev–Trinajstić information content (AvgIpc) is 2.75. The number of rotatable bonds is 2. The first-order valence-electron chi connectivity index (χ1n) is 6.65. The number of hydrogen-bond donors (Lipinski definition) is 4. The quantitative estimate of drug-likeness (QED) is 0.601. The third-order valence-electron chi connectivity index (χ3n) is 3.60. The molecule has 1 fully saturated rings. The first-order chi connectivity index (χ1) is 9.24. The van der Waals surface area contributed by atoms with Crippen molar-refractivity contribution < 1.29 is 5.11 Å². The second kappa shape index (κ2) is 5.00. The van der Waals surface area contributed by atoms with Crippen molar-refractivity contribution in [2.75, 3.05) is 11.1 Å². The van der Waals surface area contributed by atoms with E-state index in [0.29, 0.717) is 11.5 Å².